The third kappa shape index (κ3) is 4.07. The number of methoxy groups -OCH3 is 1. The number of pyridine rings is 1. The van der Waals surface area contributed by atoms with E-state index in [2.05, 4.69) is 30.4 Å². The Morgan fingerprint density at radius 1 is 1.23 bits per heavy atom. The zero-order chi connectivity index (χ0) is 21.1. The summed E-state index contributed by atoms with van der Waals surface area (Å²) in [7, 11) is 1.62. The Hall–Kier alpha value is -3.56. The van der Waals surface area contributed by atoms with Crippen molar-refractivity contribution >= 4 is 5.97 Å². The van der Waals surface area contributed by atoms with Crippen molar-refractivity contribution in [2.24, 2.45) is 5.92 Å². The van der Waals surface area contributed by atoms with Gasteiger partial charge in [0.15, 0.2) is 5.69 Å². The lowest BCUT2D eigenvalue weighted by atomic mass is 10.2. The summed E-state index contributed by atoms with van der Waals surface area (Å²) in [6, 6.07) is 3.89. The number of rotatable bonds is 8. The second-order valence-corrected chi connectivity index (χ2v) is 6.91. The zero-order valence-corrected chi connectivity index (χ0v) is 17.0. The highest BCUT2D eigenvalue weighted by atomic mass is 16.5. The van der Waals surface area contributed by atoms with Gasteiger partial charge >= 0.3 is 5.97 Å². The van der Waals surface area contributed by atoms with Crippen molar-refractivity contribution in [3.05, 3.63) is 41.7 Å². The summed E-state index contributed by atoms with van der Waals surface area (Å²) in [4.78, 5) is 25.2. The van der Waals surface area contributed by atoms with Crippen molar-refractivity contribution in [1.82, 2.24) is 30.4 Å². The summed E-state index contributed by atoms with van der Waals surface area (Å²) < 4.78 is 16.2. The molecule has 0 aromatic carbocycles. The highest BCUT2D eigenvalue weighted by Gasteiger charge is 2.40. The van der Waals surface area contributed by atoms with Gasteiger partial charge in [0.2, 0.25) is 5.88 Å². The summed E-state index contributed by atoms with van der Waals surface area (Å²) in [5.41, 5.74) is 1.87. The molecule has 1 saturated carbocycles. The van der Waals surface area contributed by atoms with Crippen molar-refractivity contribution in [2.45, 2.75) is 26.2 Å². The number of H-pyrrole nitrogens is 1. The van der Waals surface area contributed by atoms with Crippen LogP contribution in [0, 0.1) is 12.8 Å². The standard InChI is InChI=1S/C20H22N6O4/c1-4-29-20(27)18-17(24-26-25-18)15-9-21-11(2)23-19(15)30-10-12-7-14(12)16-6-5-13(28-3)8-22-16/h5-6,8-9,12,14H,4,7,10H2,1-3H3,(H,24,25,26)/t12-,14+/m1/s1. The second-order valence-electron chi connectivity index (χ2n) is 6.91. The maximum Gasteiger partial charge on any atom is 0.361 e. The van der Waals surface area contributed by atoms with E-state index in [1.165, 1.54) is 0 Å². The Balaban J connectivity index is 1.49. The van der Waals surface area contributed by atoms with Crippen molar-refractivity contribution in [3.8, 4) is 22.9 Å². The molecule has 156 valence electrons. The molecule has 2 atom stereocenters. The molecule has 4 rings (SSSR count). The van der Waals surface area contributed by atoms with E-state index >= 15 is 0 Å². The molecule has 1 fully saturated rings. The molecule has 3 aromatic heterocycles. The Kier molecular flexibility index (Phi) is 5.55. The van der Waals surface area contributed by atoms with Crippen LogP contribution in [0.25, 0.3) is 11.3 Å². The first-order valence-electron chi connectivity index (χ1n) is 9.65. The van der Waals surface area contributed by atoms with Gasteiger partial charge in [-0.3, -0.25) is 4.98 Å². The topological polar surface area (TPSA) is 125 Å². The number of esters is 1. The smallest absolute Gasteiger partial charge is 0.361 e. The molecular weight excluding hydrogens is 388 g/mol. The largest absolute Gasteiger partial charge is 0.495 e. The van der Waals surface area contributed by atoms with Crippen LogP contribution in [-0.4, -0.2) is 56.7 Å². The van der Waals surface area contributed by atoms with Crippen LogP contribution in [0.15, 0.2) is 24.5 Å². The molecule has 0 spiro atoms. The van der Waals surface area contributed by atoms with Crippen molar-refractivity contribution < 1.29 is 19.0 Å². The van der Waals surface area contributed by atoms with Crippen LogP contribution >= 0.6 is 0 Å². The fourth-order valence-corrected chi connectivity index (χ4v) is 3.19. The molecule has 3 heterocycles. The Labute approximate surface area is 173 Å². The highest BCUT2D eigenvalue weighted by Crippen LogP contribution is 2.47. The number of carbonyl (C=O) groups is 1. The number of ether oxygens (including phenoxy) is 3. The van der Waals surface area contributed by atoms with Crippen LogP contribution in [0.4, 0.5) is 0 Å². The van der Waals surface area contributed by atoms with Crippen LogP contribution in [0.5, 0.6) is 11.6 Å². The maximum atomic E-state index is 12.2. The molecule has 10 heteroatoms. The average Bonchev–Trinajstić information content (AvgIpc) is 3.37. The van der Waals surface area contributed by atoms with Crippen molar-refractivity contribution in [3.63, 3.8) is 0 Å². The average molecular weight is 410 g/mol. The van der Waals surface area contributed by atoms with Gasteiger partial charge in [-0.1, -0.05) is 0 Å². The number of hydrogen-bond acceptors (Lipinski definition) is 9. The summed E-state index contributed by atoms with van der Waals surface area (Å²) >= 11 is 0. The summed E-state index contributed by atoms with van der Waals surface area (Å²) in [5, 5.41) is 10.5. The monoisotopic (exact) mass is 410 g/mol. The molecule has 1 aliphatic rings. The number of nitrogens with one attached hydrogen (secondary N) is 1. The van der Waals surface area contributed by atoms with Crippen LogP contribution in [0.1, 0.15) is 41.3 Å². The molecule has 0 aliphatic heterocycles. The minimum Gasteiger partial charge on any atom is -0.495 e. The van der Waals surface area contributed by atoms with E-state index in [0.29, 0.717) is 41.4 Å². The number of hydrogen-bond donors (Lipinski definition) is 1. The summed E-state index contributed by atoms with van der Waals surface area (Å²) in [6.45, 7) is 4.20. The van der Waals surface area contributed by atoms with E-state index < -0.39 is 5.97 Å². The Morgan fingerprint density at radius 3 is 2.83 bits per heavy atom. The van der Waals surface area contributed by atoms with Crippen LogP contribution < -0.4 is 9.47 Å². The van der Waals surface area contributed by atoms with Crippen molar-refractivity contribution in [1.29, 1.82) is 0 Å². The predicted octanol–water partition coefficient (Wildman–Crippen LogP) is 2.33. The highest BCUT2D eigenvalue weighted by molar-refractivity contribution is 5.94. The molecule has 0 amide bonds. The minimum absolute atomic E-state index is 0.0703. The first-order chi connectivity index (χ1) is 14.6. The number of aromatic amines is 1. The lowest BCUT2D eigenvalue weighted by molar-refractivity contribution is 0.0520. The van der Waals surface area contributed by atoms with Crippen LogP contribution in [-0.2, 0) is 4.74 Å². The molecular formula is C20H22N6O4. The van der Waals surface area contributed by atoms with Crippen LogP contribution in [0.2, 0.25) is 0 Å². The quantitative estimate of drug-likeness (QED) is 0.557. The number of aryl methyl sites for hydroxylation is 1. The Bertz CT molecular complexity index is 1040. The molecule has 0 saturated heterocycles. The normalized spacial score (nSPS) is 17.4. The van der Waals surface area contributed by atoms with E-state index in [4.69, 9.17) is 14.2 Å². The number of aromatic nitrogens is 6. The van der Waals surface area contributed by atoms with Gasteiger partial charge in [0.25, 0.3) is 0 Å². The molecule has 1 aliphatic carbocycles. The van der Waals surface area contributed by atoms with Gasteiger partial charge in [0.05, 0.1) is 32.1 Å². The molecule has 30 heavy (non-hydrogen) atoms. The van der Waals surface area contributed by atoms with Gasteiger partial charge in [-0.25, -0.2) is 9.78 Å². The van der Waals surface area contributed by atoms with Gasteiger partial charge in [-0.05, 0) is 32.4 Å². The van der Waals surface area contributed by atoms with E-state index in [0.717, 1.165) is 17.9 Å². The predicted molar refractivity (Wildman–Crippen MR) is 105 cm³/mol. The van der Waals surface area contributed by atoms with Gasteiger partial charge < -0.3 is 14.2 Å². The first kappa shape index (κ1) is 19.7. The summed E-state index contributed by atoms with van der Waals surface area (Å²) in [5.74, 6) is 1.74. The van der Waals surface area contributed by atoms with E-state index in [1.807, 2.05) is 12.1 Å². The third-order valence-corrected chi connectivity index (χ3v) is 4.88. The van der Waals surface area contributed by atoms with Gasteiger partial charge in [-0.15, -0.1) is 5.10 Å². The maximum absolute atomic E-state index is 12.2. The fourth-order valence-electron chi connectivity index (χ4n) is 3.19. The van der Waals surface area contributed by atoms with E-state index in [1.54, 1.807) is 33.4 Å². The van der Waals surface area contributed by atoms with Gasteiger partial charge in [-0.2, -0.15) is 15.3 Å². The minimum atomic E-state index is -0.569. The van der Waals surface area contributed by atoms with Crippen LogP contribution in [0.3, 0.4) is 0 Å². The zero-order valence-electron chi connectivity index (χ0n) is 17.0. The third-order valence-electron chi connectivity index (χ3n) is 4.88. The fraction of sp³-hybridized carbons (Fsp3) is 0.400. The van der Waals surface area contributed by atoms with Crippen molar-refractivity contribution in [2.75, 3.05) is 20.3 Å². The SMILES string of the molecule is CCOC(=O)c1n[nH]nc1-c1cnc(C)nc1OC[C@H]1C[C@@H]1c1ccc(OC)cn1. The molecule has 10 nitrogen and oxygen atoms in total. The Morgan fingerprint density at radius 2 is 2.10 bits per heavy atom. The molecule has 1 N–H and O–H groups in total. The molecule has 0 radical (unpaired) electrons. The van der Waals surface area contributed by atoms with Gasteiger partial charge in [0, 0.05) is 23.7 Å². The first-order valence-corrected chi connectivity index (χ1v) is 9.65. The van der Waals surface area contributed by atoms with E-state index in [-0.39, 0.29) is 12.3 Å². The van der Waals surface area contributed by atoms with E-state index in [9.17, 15) is 4.79 Å². The molecule has 0 unspecified atom stereocenters. The second kappa shape index (κ2) is 8.44. The van der Waals surface area contributed by atoms with Gasteiger partial charge in [0.1, 0.15) is 17.3 Å². The summed E-state index contributed by atoms with van der Waals surface area (Å²) in [6.07, 6.45) is 4.28. The molecule has 0 bridgehead atoms. The lowest BCUT2D eigenvalue weighted by Crippen LogP contribution is -2.09. The number of nitrogens with zero attached hydrogens (tertiary/aromatic N) is 5. The lowest BCUT2D eigenvalue weighted by Gasteiger charge is -2.10. The molecule has 3 aromatic rings. The number of carbonyl (C=O) groups excluding carboxylic acids is 1.